The van der Waals surface area contributed by atoms with Gasteiger partial charge in [-0.05, 0) is 26.7 Å². The number of carbonyl (C=O) groups excluding carboxylic acids is 1. The third-order valence-electron chi connectivity index (χ3n) is 2.37. The Bertz CT molecular complexity index is 216. The van der Waals surface area contributed by atoms with E-state index in [1.54, 1.807) is 0 Å². The van der Waals surface area contributed by atoms with Crippen molar-refractivity contribution in [2.24, 2.45) is 5.92 Å². The van der Waals surface area contributed by atoms with Gasteiger partial charge in [0, 0.05) is 26.3 Å². The van der Waals surface area contributed by atoms with E-state index in [1.807, 2.05) is 20.8 Å². The first-order valence-corrected chi connectivity index (χ1v) is 6.75. The summed E-state index contributed by atoms with van der Waals surface area (Å²) in [5, 5.41) is 6.00. The number of carbonyl (C=O) groups is 1. The number of ether oxygens (including phenoxy) is 2. The topological polar surface area (TPSA) is 59.6 Å². The van der Waals surface area contributed by atoms with Crippen molar-refractivity contribution >= 4 is 5.91 Å². The van der Waals surface area contributed by atoms with Crippen LogP contribution in [0.2, 0.25) is 0 Å². The largest absolute Gasteiger partial charge is 0.354 e. The van der Waals surface area contributed by atoms with Crippen molar-refractivity contribution in [3.63, 3.8) is 0 Å². The molecule has 0 saturated carbocycles. The second kappa shape index (κ2) is 10.3. The molecule has 0 aliphatic rings. The summed E-state index contributed by atoms with van der Waals surface area (Å²) >= 11 is 0. The highest BCUT2D eigenvalue weighted by Gasteiger charge is 2.15. The van der Waals surface area contributed by atoms with Crippen LogP contribution in [0.5, 0.6) is 0 Å². The summed E-state index contributed by atoms with van der Waals surface area (Å²) in [5.74, 6) is 0.469. The molecule has 0 bridgehead atoms. The lowest BCUT2D eigenvalue weighted by Crippen LogP contribution is -2.46. The van der Waals surface area contributed by atoms with E-state index in [2.05, 4.69) is 24.5 Å². The fourth-order valence-corrected chi connectivity index (χ4v) is 1.36. The molecular weight excluding hydrogens is 232 g/mol. The quantitative estimate of drug-likeness (QED) is 0.578. The third-order valence-corrected chi connectivity index (χ3v) is 2.37. The molecule has 0 aromatic heterocycles. The Balaban J connectivity index is 3.90. The maximum Gasteiger partial charge on any atom is 0.236 e. The summed E-state index contributed by atoms with van der Waals surface area (Å²) < 4.78 is 10.8. The van der Waals surface area contributed by atoms with Crippen LogP contribution in [0.1, 0.15) is 34.6 Å². The zero-order valence-corrected chi connectivity index (χ0v) is 12.3. The predicted molar refractivity (Wildman–Crippen MR) is 72.4 cm³/mol. The van der Waals surface area contributed by atoms with Crippen LogP contribution in [-0.4, -0.2) is 44.5 Å². The third kappa shape index (κ3) is 8.44. The van der Waals surface area contributed by atoms with Gasteiger partial charge < -0.3 is 20.1 Å². The van der Waals surface area contributed by atoms with E-state index in [4.69, 9.17) is 9.47 Å². The molecule has 1 amide bonds. The Morgan fingerprint density at radius 2 is 1.61 bits per heavy atom. The number of hydrogen-bond donors (Lipinski definition) is 2. The smallest absolute Gasteiger partial charge is 0.236 e. The Labute approximate surface area is 111 Å². The molecule has 0 radical (unpaired) electrons. The van der Waals surface area contributed by atoms with Crippen LogP contribution in [0.15, 0.2) is 0 Å². The Kier molecular flexibility index (Phi) is 9.92. The van der Waals surface area contributed by atoms with E-state index < -0.39 is 0 Å². The summed E-state index contributed by atoms with van der Waals surface area (Å²) in [7, 11) is 0. The van der Waals surface area contributed by atoms with Gasteiger partial charge in [0.2, 0.25) is 5.91 Å². The fraction of sp³-hybridized carbons (Fsp3) is 0.923. The van der Waals surface area contributed by atoms with Crippen LogP contribution in [0, 0.1) is 5.92 Å². The minimum Gasteiger partial charge on any atom is -0.354 e. The molecule has 0 heterocycles. The Hall–Kier alpha value is -0.650. The van der Waals surface area contributed by atoms with Gasteiger partial charge in [-0.1, -0.05) is 13.8 Å². The molecule has 5 nitrogen and oxygen atoms in total. The minimum atomic E-state index is -0.291. The van der Waals surface area contributed by atoms with Crippen LogP contribution in [-0.2, 0) is 14.3 Å². The molecule has 108 valence electrons. The van der Waals surface area contributed by atoms with Gasteiger partial charge in [-0.15, -0.1) is 0 Å². The fourth-order valence-electron chi connectivity index (χ4n) is 1.36. The summed E-state index contributed by atoms with van der Waals surface area (Å²) in [4.78, 5) is 11.7. The van der Waals surface area contributed by atoms with Crippen molar-refractivity contribution in [3.05, 3.63) is 0 Å². The lowest BCUT2D eigenvalue weighted by molar-refractivity contribution is -0.136. The van der Waals surface area contributed by atoms with E-state index in [9.17, 15) is 4.79 Å². The Morgan fingerprint density at radius 3 is 2.06 bits per heavy atom. The van der Waals surface area contributed by atoms with E-state index in [1.165, 1.54) is 0 Å². The number of nitrogens with one attached hydrogen (secondary N) is 2. The van der Waals surface area contributed by atoms with Gasteiger partial charge in [-0.25, -0.2) is 0 Å². The molecule has 0 aliphatic heterocycles. The lowest BCUT2D eigenvalue weighted by atomic mass is 10.2. The second-order valence-corrected chi connectivity index (χ2v) is 4.61. The first-order chi connectivity index (χ1) is 8.51. The first-order valence-electron chi connectivity index (χ1n) is 6.75. The van der Waals surface area contributed by atoms with E-state index in [-0.39, 0.29) is 18.2 Å². The van der Waals surface area contributed by atoms with Gasteiger partial charge in [-0.3, -0.25) is 4.79 Å². The van der Waals surface area contributed by atoms with E-state index >= 15 is 0 Å². The molecule has 5 heteroatoms. The standard InChI is InChI=1S/C13H28N2O3/c1-6-17-12(18-7-2)9-14-11(5)13(16)15-8-10(3)4/h10-12,14H,6-9H2,1-5H3,(H,15,16). The summed E-state index contributed by atoms with van der Waals surface area (Å²) in [6, 6.07) is -0.243. The zero-order valence-electron chi connectivity index (χ0n) is 12.3. The molecule has 0 aromatic rings. The van der Waals surface area contributed by atoms with Crippen molar-refractivity contribution in [1.82, 2.24) is 10.6 Å². The van der Waals surface area contributed by atoms with Crippen LogP contribution in [0.4, 0.5) is 0 Å². The monoisotopic (exact) mass is 260 g/mol. The number of rotatable bonds is 10. The molecule has 0 saturated heterocycles. The summed E-state index contributed by atoms with van der Waals surface area (Å²) in [6.07, 6.45) is -0.291. The molecule has 1 atom stereocenters. The van der Waals surface area contributed by atoms with Gasteiger partial charge in [0.05, 0.1) is 6.04 Å². The SMILES string of the molecule is CCOC(CNC(C)C(=O)NCC(C)C)OCC. The van der Waals surface area contributed by atoms with Crippen LogP contribution in [0.3, 0.4) is 0 Å². The van der Waals surface area contributed by atoms with Crippen LogP contribution >= 0.6 is 0 Å². The van der Waals surface area contributed by atoms with Crippen molar-refractivity contribution < 1.29 is 14.3 Å². The van der Waals surface area contributed by atoms with Crippen LogP contribution in [0.25, 0.3) is 0 Å². The molecule has 18 heavy (non-hydrogen) atoms. The highest BCUT2D eigenvalue weighted by molar-refractivity contribution is 5.81. The predicted octanol–water partition coefficient (Wildman–Crippen LogP) is 1.14. The molecule has 0 rings (SSSR count). The summed E-state index contributed by atoms with van der Waals surface area (Å²) in [6.45, 7) is 12.2. The van der Waals surface area contributed by atoms with Crippen molar-refractivity contribution in [3.8, 4) is 0 Å². The van der Waals surface area contributed by atoms with E-state index in [0.717, 1.165) is 0 Å². The number of amides is 1. The van der Waals surface area contributed by atoms with Gasteiger partial charge in [0.1, 0.15) is 0 Å². The van der Waals surface area contributed by atoms with Crippen molar-refractivity contribution in [1.29, 1.82) is 0 Å². The average Bonchev–Trinajstić information content (AvgIpc) is 2.33. The zero-order chi connectivity index (χ0) is 14.0. The average molecular weight is 260 g/mol. The second-order valence-electron chi connectivity index (χ2n) is 4.61. The summed E-state index contributed by atoms with van der Waals surface area (Å²) in [5.41, 5.74) is 0. The van der Waals surface area contributed by atoms with Crippen LogP contribution < -0.4 is 10.6 Å². The molecule has 0 aromatic carbocycles. The Morgan fingerprint density at radius 1 is 1.06 bits per heavy atom. The maximum absolute atomic E-state index is 11.7. The highest BCUT2D eigenvalue weighted by atomic mass is 16.7. The molecule has 0 fully saturated rings. The highest BCUT2D eigenvalue weighted by Crippen LogP contribution is 1.95. The molecule has 1 unspecified atom stereocenters. The van der Waals surface area contributed by atoms with Gasteiger partial charge in [-0.2, -0.15) is 0 Å². The molecule has 2 N–H and O–H groups in total. The lowest BCUT2D eigenvalue weighted by Gasteiger charge is -2.20. The molecular formula is C13H28N2O3. The molecule has 0 aliphatic carbocycles. The van der Waals surface area contributed by atoms with Gasteiger partial charge >= 0.3 is 0 Å². The first kappa shape index (κ1) is 17.4. The normalized spacial score (nSPS) is 13.1. The van der Waals surface area contributed by atoms with Gasteiger partial charge in [0.25, 0.3) is 0 Å². The minimum absolute atomic E-state index is 0.00967. The maximum atomic E-state index is 11.7. The molecule has 0 spiro atoms. The van der Waals surface area contributed by atoms with Crippen molar-refractivity contribution in [2.75, 3.05) is 26.3 Å². The number of hydrogen-bond acceptors (Lipinski definition) is 4. The van der Waals surface area contributed by atoms with Crippen molar-refractivity contribution in [2.45, 2.75) is 47.0 Å². The van der Waals surface area contributed by atoms with E-state index in [0.29, 0.717) is 32.2 Å². The van der Waals surface area contributed by atoms with Gasteiger partial charge in [0.15, 0.2) is 6.29 Å².